The van der Waals surface area contributed by atoms with Crippen molar-refractivity contribution in [2.45, 2.75) is 65.8 Å². The van der Waals surface area contributed by atoms with Crippen LogP contribution in [0.3, 0.4) is 0 Å². The van der Waals surface area contributed by atoms with Crippen LogP contribution in [0.2, 0.25) is 0 Å². The normalized spacial score (nSPS) is 13.4. The second-order valence-electron chi connectivity index (χ2n) is 8.53. The van der Waals surface area contributed by atoms with Crippen molar-refractivity contribution in [3.05, 3.63) is 44.6 Å². The molecule has 1 N–H and O–H groups in total. The first kappa shape index (κ1) is 26.2. The Morgan fingerprint density at radius 3 is 2.66 bits per heavy atom. The van der Waals surface area contributed by atoms with E-state index in [-0.39, 0.29) is 5.57 Å². The van der Waals surface area contributed by atoms with E-state index in [4.69, 9.17) is 9.47 Å². The number of amides is 1. The molecule has 8 nitrogen and oxygen atoms in total. The summed E-state index contributed by atoms with van der Waals surface area (Å²) in [7, 11) is 1.31. The molecule has 1 amide bonds. The highest BCUT2D eigenvalue weighted by Crippen LogP contribution is 2.38. The second-order valence-corrected chi connectivity index (χ2v) is 9.64. The number of aromatic nitrogens is 1. The number of hydrogen-bond acceptors (Lipinski definition) is 7. The average Bonchev–Trinajstić information content (AvgIpc) is 3.19. The first-order valence-electron chi connectivity index (χ1n) is 11.8. The van der Waals surface area contributed by atoms with Crippen LogP contribution in [0.4, 0.5) is 5.00 Å². The molecule has 9 heteroatoms. The summed E-state index contributed by atoms with van der Waals surface area (Å²) in [6, 6.07) is 3.78. The maximum atomic E-state index is 12.6. The van der Waals surface area contributed by atoms with E-state index < -0.39 is 24.5 Å². The highest BCUT2D eigenvalue weighted by molar-refractivity contribution is 7.17. The zero-order valence-corrected chi connectivity index (χ0v) is 21.5. The molecule has 0 radical (unpaired) electrons. The van der Waals surface area contributed by atoms with Gasteiger partial charge >= 0.3 is 11.9 Å². The predicted octanol–water partition coefficient (Wildman–Crippen LogP) is 4.72. The van der Waals surface area contributed by atoms with Crippen LogP contribution >= 0.6 is 11.3 Å². The zero-order chi connectivity index (χ0) is 25.5. The minimum absolute atomic E-state index is 0.187. The van der Waals surface area contributed by atoms with Gasteiger partial charge in [-0.05, 0) is 69.2 Å². The molecule has 1 aliphatic rings. The molecule has 35 heavy (non-hydrogen) atoms. The molecular formula is C26H31N3O5S. The summed E-state index contributed by atoms with van der Waals surface area (Å²) in [5.74, 6) is -1.96. The number of carbonyl (C=O) groups is 3. The number of esters is 2. The molecule has 0 aliphatic heterocycles. The lowest BCUT2D eigenvalue weighted by Gasteiger charge is -2.08. The Morgan fingerprint density at radius 1 is 1.23 bits per heavy atom. The number of hydrogen-bond donors (Lipinski definition) is 1. The van der Waals surface area contributed by atoms with Crippen molar-refractivity contribution in [3.8, 4) is 6.07 Å². The lowest BCUT2D eigenvalue weighted by atomic mass is 10.1. The van der Waals surface area contributed by atoms with Gasteiger partial charge in [-0.2, -0.15) is 5.26 Å². The van der Waals surface area contributed by atoms with Crippen molar-refractivity contribution in [3.63, 3.8) is 0 Å². The van der Waals surface area contributed by atoms with Crippen LogP contribution in [0.15, 0.2) is 11.6 Å². The van der Waals surface area contributed by atoms with Gasteiger partial charge in [0.15, 0.2) is 6.61 Å². The number of aryl methyl sites for hydroxylation is 2. The Labute approximate surface area is 209 Å². The highest BCUT2D eigenvalue weighted by atomic mass is 32.1. The van der Waals surface area contributed by atoms with E-state index in [1.54, 1.807) is 0 Å². The van der Waals surface area contributed by atoms with Gasteiger partial charge in [0, 0.05) is 22.8 Å². The molecule has 0 fully saturated rings. The van der Waals surface area contributed by atoms with Gasteiger partial charge in [-0.1, -0.05) is 13.3 Å². The van der Waals surface area contributed by atoms with E-state index in [0.29, 0.717) is 10.6 Å². The summed E-state index contributed by atoms with van der Waals surface area (Å²) in [5, 5.41) is 12.6. The van der Waals surface area contributed by atoms with Crippen molar-refractivity contribution in [2.24, 2.45) is 0 Å². The summed E-state index contributed by atoms with van der Waals surface area (Å²) in [4.78, 5) is 38.6. The predicted molar refractivity (Wildman–Crippen MR) is 134 cm³/mol. The fourth-order valence-electron chi connectivity index (χ4n) is 4.35. The van der Waals surface area contributed by atoms with Crippen LogP contribution < -0.4 is 5.32 Å². The van der Waals surface area contributed by atoms with E-state index in [2.05, 4.69) is 16.8 Å². The lowest BCUT2D eigenvalue weighted by Crippen LogP contribution is -2.22. The maximum absolute atomic E-state index is 12.6. The molecule has 0 atom stereocenters. The number of nitrogens with zero attached hydrogens (tertiary/aromatic N) is 2. The third kappa shape index (κ3) is 6.01. The van der Waals surface area contributed by atoms with Gasteiger partial charge in [-0.15, -0.1) is 11.3 Å². The standard InChI is InChI=1S/C26H31N3O5S/c1-5-11-29-16(2)12-18(17(29)3)13-19(14-27)25(31)34-15-22(30)28-24-23(26(32)33-4)20-9-7-6-8-10-21(20)35-24/h12-13H,5-11,15H2,1-4H3,(H,28,30). The van der Waals surface area contributed by atoms with Crippen molar-refractivity contribution < 1.29 is 23.9 Å². The molecule has 1 aliphatic carbocycles. The zero-order valence-electron chi connectivity index (χ0n) is 20.7. The second kappa shape index (κ2) is 11.8. The Morgan fingerprint density at radius 2 is 1.97 bits per heavy atom. The first-order chi connectivity index (χ1) is 16.8. The molecule has 186 valence electrons. The third-order valence-electron chi connectivity index (χ3n) is 6.10. The molecule has 0 unspecified atom stereocenters. The van der Waals surface area contributed by atoms with Gasteiger partial charge in [0.2, 0.25) is 0 Å². The highest BCUT2D eigenvalue weighted by Gasteiger charge is 2.26. The largest absolute Gasteiger partial charge is 0.465 e. The SMILES string of the molecule is CCCn1c(C)cc(C=C(C#N)C(=O)OCC(=O)Nc2sc3c(c2C(=O)OC)CCCCC3)c1C. The molecular weight excluding hydrogens is 466 g/mol. The fraction of sp³-hybridized carbons (Fsp3) is 0.462. The van der Waals surface area contributed by atoms with Crippen LogP contribution in [-0.2, 0) is 38.4 Å². The number of rotatable bonds is 8. The molecule has 2 aromatic rings. The van der Waals surface area contributed by atoms with Crippen molar-refractivity contribution in [1.82, 2.24) is 4.57 Å². The van der Waals surface area contributed by atoms with Gasteiger partial charge in [-0.25, -0.2) is 9.59 Å². The number of methoxy groups -OCH3 is 1. The van der Waals surface area contributed by atoms with Gasteiger partial charge in [0.05, 0.1) is 12.7 Å². The molecule has 0 saturated carbocycles. The summed E-state index contributed by atoms with van der Waals surface area (Å²) in [5.41, 5.74) is 3.88. The average molecular weight is 498 g/mol. The Balaban J connectivity index is 1.70. The molecule has 3 rings (SSSR count). The van der Waals surface area contributed by atoms with Gasteiger partial charge < -0.3 is 19.4 Å². The summed E-state index contributed by atoms with van der Waals surface area (Å²) in [6.45, 7) is 6.26. The van der Waals surface area contributed by atoms with Crippen molar-refractivity contribution in [2.75, 3.05) is 19.0 Å². The van der Waals surface area contributed by atoms with E-state index in [1.807, 2.05) is 26.0 Å². The topological polar surface area (TPSA) is 110 Å². The van der Waals surface area contributed by atoms with Crippen LogP contribution in [0.25, 0.3) is 6.08 Å². The fourth-order valence-corrected chi connectivity index (χ4v) is 5.65. The summed E-state index contributed by atoms with van der Waals surface area (Å²) >= 11 is 1.36. The molecule has 0 spiro atoms. The van der Waals surface area contributed by atoms with Crippen LogP contribution in [-0.4, -0.2) is 36.1 Å². The molecule has 0 aromatic carbocycles. The number of anilines is 1. The minimum atomic E-state index is -0.877. The van der Waals surface area contributed by atoms with Crippen molar-refractivity contribution >= 4 is 40.3 Å². The van der Waals surface area contributed by atoms with E-state index in [1.165, 1.54) is 24.5 Å². The van der Waals surface area contributed by atoms with Gasteiger partial charge in [0.25, 0.3) is 5.91 Å². The van der Waals surface area contributed by atoms with E-state index >= 15 is 0 Å². The first-order valence-corrected chi connectivity index (χ1v) is 12.6. The van der Waals surface area contributed by atoms with Gasteiger partial charge in [-0.3, -0.25) is 4.79 Å². The Hall–Kier alpha value is -3.38. The number of thiophene rings is 1. The number of ether oxygens (including phenoxy) is 2. The summed E-state index contributed by atoms with van der Waals surface area (Å²) in [6.07, 6.45) is 7.16. The van der Waals surface area contributed by atoms with E-state index in [0.717, 1.165) is 72.5 Å². The van der Waals surface area contributed by atoms with Crippen LogP contribution in [0.1, 0.15) is 70.4 Å². The molecule has 2 aromatic heterocycles. The third-order valence-corrected chi connectivity index (χ3v) is 7.31. The Kier molecular flexibility index (Phi) is 8.88. The number of carbonyl (C=O) groups excluding carboxylic acids is 3. The van der Waals surface area contributed by atoms with Crippen molar-refractivity contribution in [1.29, 1.82) is 5.26 Å². The van der Waals surface area contributed by atoms with Crippen LogP contribution in [0.5, 0.6) is 0 Å². The Bertz CT molecular complexity index is 1200. The smallest absolute Gasteiger partial charge is 0.349 e. The molecule has 2 heterocycles. The quantitative estimate of drug-likeness (QED) is 0.245. The van der Waals surface area contributed by atoms with Gasteiger partial charge in [0.1, 0.15) is 16.6 Å². The molecule has 0 saturated heterocycles. The minimum Gasteiger partial charge on any atom is -0.465 e. The van der Waals surface area contributed by atoms with E-state index in [9.17, 15) is 19.6 Å². The number of nitrogens with one attached hydrogen (secondary N) is 1. The molecule has 0 bridgehead atoms. The number of nitriles is 1. The monoisotopic (exact) mass is 497 g/mol. The summed E-state index contributed by atoms with van der Waals surface area (Å²) < 4.78 is 12.2. The lowest BCUT2D eigenvalue weighted by molar-refractivity contribution is -0.142. The number of fused-ring (bicyclic) bond motifs is 1. The maximum Gasteiger partial charge on any atom is 0.349 e. The van der Waals surface area contributed by atoms with Crippen LogP contribution in [0, 0.1) is 25.2 Å².